The van der Waals surface area contributed by atoms with E-state index in [1.54, 1.807) is 11.1 Å². The number of hydrogen-bond donors (Lipinski definition) is 0. The van der Waals surface area contributed by atoms with E-state index in [1.807, 2.05) is 0 Å². The number of carbonyl (C=O) groups is 1. The number of ketones is 1. The summed E-state index contributed by atoms with van der Waals surface area (Å²) in [7, 11) is 4.16. The van der Waals surface area contributed by atoms with Crippen molar-refractivity contribution in [1.29, 1.82) is 0 Å². The molecule has 3 fully saturated rings. The average Bonchev–Trinajstić information content (AvgIpc) is 3.37. The molecule has 0 N–H and O–H groups in total. The van der Waals surface area contributed by atoms with Crippen molar-refractivity contribution in [2.45, 2.75) is 98.4 Å². The minimum absolute atomic E-state index is 0.128. The van der Waals surface area contributed by atoms with Gasteiger partial charge in [-0.3, -0.25) is 14.7 Å². The van der Waals surface area contributed by atoms with Crippen LogP contribution in [0.1, 0.15) is 92.4 Å². The first-order valence-electron chi connectivity index (χ1n) is 14.2. The molecule has 2 unspecified atom stereocenters. The standard InChI is InChI=1S/C31H48N2O/c1-19(2)21-14-17-32-27(21)18-20(3)23-10-11-24-22-8-9-26-29(34)28(33(6)7)13-16-31(26,5)25(22)12-15-30(23,24)4/h8,20,23-26,28H,9-18H2,1-7H3/t20?,23-,24+,25+,26?,28+,30-,31-/m1/s1. The smallest absolute Gasteiger partial charge is 0.153 e. The van der Waals surface area contributed by atoms with Gasteiger partial charge in [-0.05, 0) is 126 Å². The average molecular weight is 465 g/mol. The molecule has 0 amide bonds. The number of Topliss-reactive ketones (excluding diaryl/α,β-unsaturated/α-hetero) is 1. The first-order valence-corrected chi connectivity index (χ1v) is 14.2. The van der Waals surface area contributed by atoms with Crippen molar-refractivity contribution in [3.05, 3.63) is 22.8 Å². The van der Waals surface area contributed by atoms with Gasteiger partial charge in [0, 0.05) is 18.2 Å². The molecular weight excluding hydrogens is 416 g/mol. The zero-order chi connectivity index (χ0) is 24.4. The van der Waals surface area contributed by atoms with E-state index in [1.165, 1.54) is 43.4 Å². The van der Waals surface area contributed by atoms with E-state index >= 15 is 0 Å². The highest BCUT2D eigenvalue weighted by Crippen LogP contribution is 2.66. The van der Waals surface area contributed by atoms with Gasteiger partial charge in [0.1, 0.15) is 0 Å². The molecule has 3 nitrogen and oxygen atoms in total. The molecule has 3 saturated carbocycles. The second kappa shape index (κ2) is 8.71. The van der Waals surface area contributed by atoms with Gasteiger partial charge in [0.05, 0.1) is 6.04 Å². The van der Waals surface area contributed by atoms with E-state index in [9.17, 15) is 4.79 Å². The van der Waals surface area contributed by atoms with Gasteiger partial charge in [-0.1, -0.05) is 38.0 Å². The molecule has 1 heterocycles. The summed E-state index contributed by atoms with van der Waals surface area (Å²) in [4.78, 5) is 20.6. The molecule has 8 atom stereocenters. The highest BCUT2D eigenvalue weighted by atomic mass is 16.1. The molecule has 0 aromatic carbocycles. The van der Waals surface area contributed by atoms with E-state index in [4.69, 9.17) is 4.99 Å². The Morgan fingerprint density at radius 1 is 1.06 bits per heavy atom. The van der Waals surface area contributed by atoms with Crippen LogP contribution >= 0.6 is 0 Å². The molecule has 34 heavy (non-hydrogen) atoms. The second-order valence-electron chi connectivity index (χ2n) is 13.5. The lowest BCUT2D eigenvalue weighted by atomic mass is 9.47. The van der Waals surface area contributed by atoms with Crippen molar-refractivity contribution in [3.63, 3.8) is 0 Å². The van der Waals surface area contributed by atoms with E-state index in [0.29, 0.717) is 23.0 Å². The SMILES string of the molecule is CC(C)=C1CCN=C1CC(C)[C@H]1CC[C@H]2C3=CCC4C(=O)[C@@H](N(C)C)CC[C@]4(C)[C@H]3CC[C@]12C. The van der Waals surface area contributed by atoms with Gasteiger partial charge in [-0.2, -0.15) is 0 Å². The molecule has 3 heteroatoms. The second-order valence-corrected chi connectivity index (χ2v) is 13.5. The minimum Gasteiger partial charge on any atom is -0.300 e. The zero-order valence-electron chi connectivity index (χ0n) is 22.9. The van der Waals surface area contributed by atoms with Crippen LogP contribution in [-0.2, 0) is 4.79 Å². The fourth-order valence-corrected chi connectivity index (χ4v) is 9.57. The summed E-state index contributed by atoms with van der Waals surface area (Å²) < 4.78 is 0. The topological polar surface area (TPSA) is 32.7 Å². The van der Waals surface area contributed by atoms with Crippen molar-refractivity contribution < 1.29 is 4.79 Å². The molecule has 0 aromatic heterocycles. The van der Waals surface area contributed by atoms with Crippen LogP contribution in [0.4, 0.5) is 0 Å². The molecule has 0 saturated heterocycles. The predicted octanol–water partition coefficient (Wildman–Crippen LogP) is 6.88. The van der Waals surface area contributed by atoms with Crippen molar-refractivity contribution >= 4 is 11.5 Å². The fraction of sp³-hybridized carbons (Fsp3) is 0.806. The summed E-state index contributed by atoms with van der Waals surface area (Å²) in [5.74, 6) is 3.59. The van der Waals surface area contributed by atoms with Gasteiger partial charge >= 0.3 is 0 Å². The van der Waals surface area contributed by atoms with Crippen LogP contribution in [0, 0.1) is 40.4 Å². The number of fused-ring (bicyclic) bond motifs is 5. The Morgan fingerprint density at radius 3 is 2.47 bits per heavy atom. The Morgan fingerprint density at radius 2 is 1.76 bits per heavy atom. The molecular formula is C31H48N2O. The molecule has 4 aliphatic carbocycles. The molecule has 0 bridgehead atoms. The van der Waals surface area contributed by atoms with Crippen LogP contribution in [0.15, 0.2) is 27.8 Å². The highest BCUT2D eigenvalue weighted by molar-refractivity contribution is 6.02. The summed E-state index contributed by atoms with van der Waals surface area (Å²) >= 11 is 0. The van der Waals surface area contributed by atoms with Crippen LogP contribution in [0.5, 0.6) is 0 Å². The zero-order valence-corrected chi connectivity index (χ0v) is 22.9. The van der Waals surface area contributed by atoms with E-state index in [2.05, 4.69) is 59.7 Å². The van der Waals surface area contributed by atoms with Crippen molar-refractivity contribution in [1.82, 2.24) is 4.90 Å². The number of carbonyl (C=O) groups excluding carboxylic acids is 1. The molecule has 1 aliphatic heterocycles. The largest absolute Gasteiger partial charge is 0.300 e. The number of aliphatic imine (C=N–C) groups is 1. The quantitative estimate of drug-likeness (QED) is 0.425. The first-order chi connectivity index (χ1) is 16.1. The maximum Gasteiger partial charge on any atom is 0.153 e. The van der Waals surface area contributed by atoms with Crippen LogP contribution < -0.4 is 0 Å². The van der Waals surface area contributed by atoms with E-state index < -0.39 is 0 Å². The van der Waals surface area contributed by atoms with Crippen LogP contribution in [0.25, 0.3) is 0 Å². The number of allylic oxidation sites excluding steroid dienone is 3. The Labute approximate surface area is 208 Å². The van der Waals surface area contributed by atoms with Crippen molar-refractivity contribution in [2.75, 3.05) is 20.6 Å². The third kappa shape index (κ3) is 3.62. The van der Waals surface area contributed by atoms with Gasteiger partial charge in [-0.25, -0.2) is 0 Å². The minimum atomic E-state index is 0.128. The number of nitrogens with zero attached hydrogens (tertiary/aromatic N) is 2. The lowest BCUT2D eigenvalue weighted by Gasteiger charge is -2.57. The summed E-state index contributed by atoms with van der Waals surface area (Å²) in [6.45, 7) is 13.1. The number of likely N-dealkylation sites (N-methyl/N-ethyl adjacent to an activating group) is 1. The normalized spacial score (nSPS) is 42.6. The summed E-state index contributed by atoms with van der Waals surface area (Å²) in [6, 6.07) is 0.128. The first kappa shape index (κ1) is 24.5. The maximum atomic E-state index is 13.5. The van der Waals surface area contributed by atoms with Crippen molar-refractivity contribution in [3.8, 4) is 0 Å². The summed E-state index contributed by atoms with van der Waals surface area (Å²) in [5.41, 5.74) is 6.78. The highest BCUT2D eigenvalue weighted by Gasteiger charge is 2.59. The van der Waals surface area contributed by atoms with E-state index in [-0.39, 0.29) is 17.4 Å². The maximum absolute atomic E-state index is 13.5. The van der Waals surface area contributed by atoms with E-state index in [0.717, 1.165) is 44.1 Å². The Balaban J connectivity index is 1.37. The van der Waals surface area contributed by atoms with Crippen LogP contribution in [-0.4, -0.2) is 43.1 Å². The Hall–Kier alpha value is -1.22. The molecule has 5 rings (SSSR count). The number of hydrogen-bond acceptors (Lipinski definition) is 3. The predicted molar refractivity (Wildman–Crippen MR) is 142 cm³/mol. The molecule has 188 valence electrons. The lowest BCUT2D eigenvalue weighted by Crippen LogP contribution is -2.56. The summed E-state index contributed by atoms with van der Waals surface area (Å²) in [5, 5.41) is 0. The lowest BCUT2D eigenvalue weighted by molar-refractivity contribution is -0.140. The molecule has 0 radical (unpaired) electrons. The van der Waals surface area contributed by atoms with Gasteiger partial charge in [0.25, 0.3) is 0 Å². The molecule has 5 aliphatic rings. The van der Waals surface area contributed by atoms with Gasteiger partial charge < -0.3 is 0 Å². The van der Waals surface area contributed by atoms with Gasteiger partial charge in [-0.15, -0.1) is 0 Å². The third-order valence-electron chi connectivity index (χ3n) is 11.4. The Kier molecular flexibility index (Phi) is 6.27. The third-order valence-corrected chi connectivity index (χ3v) is 11.4. The van der Waals surface area contributed by atoms with Crippen LogP contribution in [0.2, 0.25) is 0 Å². The monoisotopic (exact) mass is 464 g/mol. The summed E-state index contributed by atoms with van der Waals surface area (Å²) in [6.07, 6.45) is 13.5. The van der Waals surface area contributed by atoms with Gasteiger partial charge in [0.15, 0.2) is 5.78 Å². The molecule has 0 aromatic rings. The van der Waals surface area contributed by atoms with Gasteiger partial charge in [0.2, 0.25) is 0 Å². The molecule has 0 spiro atoms. The van der Waals surface area contributed by atoms with Crippen molar-refractivity contribution in [2.24, 2.45) is 45.4 Å². The number of rotatable bonds is 4. The van der Waals surface area contributed by atoms with Crippen LogP contribution in [0.3, 0.4) is 0 Å². The fourth-order valence-electron chi connectivity index (χ4n) is 9.57. The Bertz CT molecular complexity index is 937.